The molecule has 0 aliphatic carbocycles. The minimum Gasteiger partial charge on any atom is -0.340 e. The monoisotopic (exact) mass is 392 g/mol. The number of alkyl halides is 3. The fourth-order valence-corrected chi connectivity index (χ4v) is 3.32. The van der Waals surface area contributed by atoms with E-state index < -0.39 is 11.7 Å². The topological polar surface area (TPSA) is 48.5 Å². The summed E-state index contributed by atoms with van der Waals surface area (Å²) in [4.78, 5) is 21.1. The van der Waals surface area contributed by atoms with Crippen molar-refractivity contribution in [3.8, 4) is 0 Å². The van der Waals surface area contributed by atoms with Crippen molar-refractivity contribution >= 4 is 17.4 Å². The van der Waals surface area contributed by atoms with Crippen LogP contribution in [0.15, 0.2) is 42.6 Å². The summed E-state index contributed by atoms with van der Waals surface area (Å²) < 4.78 is 38.9. The SMILES string of the molecule is CN(C)C1CCCN(C(=O)c2cccnc2Nc2cccc(C(F)(F)F)c2)C1. The number of halogens is 3. The van der Waals surface area contributed by atoms with Gasteiger partial charge in [-0.1, -0.05) is 6.07 Å². The maximum atomic E-state index is 13.1. The van der Waals surface area contributed by atoms with Crippen LogP contribution in [0.3, 0.4) is 0 Å². The number of pyridine rings is 1. The highest BCUT2D eigenvalue weighted by atomic mass is 19.4. The van der Waals surface area contributed by atoms with Crippen LogP contribution in [0, 0.1) is 0 Å². The van der Waals surface area contributed by atoms with Crippen LogP contribution in [-0.2, 0) is 6.18 Å². The van der Waals surface area contributed by atoms with Gasteiger partial charge in [0.25, 0.3) is 5.91 Å². The number of likely N-dealkylation sites (tertiary alicyclic amines) is 1. The Morgan fingerprint density at radius 3 is 2.75 bits per heavy atom. The van der Waals surface area contributed by atoms with Crippen LogP contribution in [0.2, 0.25) is 0 Å². The van der Waals surface area contributed by atoms with Gasteiger partial charge in [-0.3, -0.25) is 4.79 Å². The summed E-state index contributed by atoms with van der Waals surface area (Å²) in [6, 6.07) is 8.43. The normalized spacial score (nSPS) is 17.6. The van der Waals surface area contributed by atoms with Gasteiger partial charge in [0.15, 0.2) is 0 Å². The van der Waals surface area contributed by atoms with Gasteiger partial charge in [-0.2, -0.15) is 13.2 Å². The van der Waals surface area contributed by atoms with Crippen LogP contribution >= 0.6 is 0 Å². The number of hydrogen-bond donors (Lipinski definition) is 1. The Morgan fingerprint density at radius 1 is 1.25 bits per heavy atom. The molecule has 1 aliphatic heterocycles. The van der Waals surface area contributed by atoms with E-state index in [1.165, 1.54) is 18.3 Å². The van der Waals surface area contributed by atoms with Crippen molar-refractivity contribution in [2.75, 3.05) is 32.5 Å². The summed E-state index contributed by atoms with van der Waals surface area (Å²) >= 11 is 0. The van der Waals surface area contributed by atoms with Gasteiger partial charge in [0.2, 0.25) is 0 Å². The quantitative estimate of drug-likeness (QED) is 0.854. The lowest BCUT2D eigenvalue weighted by Crippen LogP contribution is -2.47. The molecule has 1 amide bonds. The Kier molecular flexibility index (Phi) is 5.88. The zero-order valence-electron chi connectivity index (χ0n) is 15.8. The Labute approximate surface area is 162 Å². The standard InChI is InChI=1S/C20H23F3N4O/c1-26(2)16-8-5-11-27(13-16)19(28)17-9-4-10-24-18(17)25-15-7-3-6-14(12-15)20(21,22)23/h3-4,6-7,9-10,12,16H,5,8,11,13H2,1-2H3,(H,24,25). The van der Waals surface area contributed by atoms with Crippen molar-refractivity contribution in [2.24, 2.45) is 0 Å². The van der Waals surface area contributed by atoms with E-state index in [4.69, 9.17) is 0 Å². The van der Waals surface area contributed by atoms with E-state index in [-0.39, 0.29) is 23.5 Å². The minimum absolute atomic E-state index is 0.172. The molecule has 150 valence electrons. The third-order valence-corrected chi connectivity index (χ3v) is 4.90. The molecular formula is C20H23F3N4O. The predicted octanol–water partition coefficient (Wildman–Crippen LogP) is 4.01. The molecule has 1 N–H and O–H groups in total. The summed E-state index contributed by atoms with van der Waals surface area (Å²) in [6.45, 7) is 1.27. The fraction of sp³-hybridized carbons (Fsp3) is 0.400. The second-order valence-electron chi connectivity index (χ2n) is 7.11. The van der Waals surface area contributed by atoms with Gasteiger partial charge in [-0.15, -0.1) is 0 Å². The highest BCUT2D eigenvalue weighted by Crippen LogP contribution is 2.31. The highest BCUT2D eigenvalue weighted by molar-refractivity contribution is 5.99. The molecule has 1 unspecified atom stereocenters. The molecular weight excluding hydrogens is 369 g/mol. The van der Waals surface area contributed by atoms with Crippen LogP contribution in [0.4, 0.5) is 24.7 Å². The molecule has 1 aromatic carbocycles. The Balaban J connectivity index is 1.83. The number of aromatic nitrogens is 1. The molecule has 0 saturated carbocycles. The van der Waals surface area contributed by atoms with Gasteiger partial charge in [-0.05, 0) is 57.3 Å². The molecule has 3 rings (SSSR count). The van der Waals surface area contributed by atoms with Crippen molar-refractivity contribution in [3.05, 3.63) is 53.7 Å². The average Bonchev–Trinajstić information content (AvgIpc) is 2.67. The van der Waals surface area contributed by atoms with Crippen molar-refractivity contribution in [3.63, 3.8) is 0 Å². The molecule has 28 heavy (non-hydrogen) atoms. The van der Waals surface area contributed by atoms with Crippen LogP contribution in [0.25, 0.3) is 0 Å². The number of nitrogens with one attached hydrogen (secondary N) is 1. The summed E-state index contributed by atoms with van der Waals surface area (Å²) in [6.07, 6.45) is -0.995. The lowest BCUT2D eigenvalue weighted by molar-refractivity contribution is -0.137. The van der Waals surface area contributed by atoms with Gasteiger partial charge in [0.05, 0.1) is 11.1 Å². The maximum absolute atomic E-state index is 13.1. The number of rotatable bonds is 4. The first-order valence-electron chi connectivity index (χ1n) is 9.10. The number of carbonyl (C=O) groups is 1. The first kappa shape index (κ1) is 20.1. The van der Waals surface area contributed by atoms with Gasteiger partial charge >= 0.3 is 6.18 Å². The first-order valence-corrected chi connectivity index (χ1v) is 9.10. The van der Waals surface area contributed by atoms with Crippen LogP contribution in [0.5, 0.6) is 0 Å². The van der Waals surface area contributed by atoms with Gasteiger partial charge in [-0.25, -0.2) is 4.98 Å². The van der Waals surface area contributed by atoms with Gasteiger partial charge < -0.3 is 15.1 Å². The molecule has 1 atom stereocenters. The average molecular weight is 392 g/mol. The minimum atomic E-state index is -4.44. The Hall–Kier alpha value is -2.61. The van der Waals surface area contributed by atoms with Crippen LogP contribution in [0.1, 0.15) is 28.8 Å². The predicted molar refractivity (Wildman–Crippen MR) is 102 cm³/mol. The Bertz CT molecular complexity index is 838. The lowest BCUT2D eigenvalue weighted by Gasteiger charge is -2.36. The number of hydrogen-bond acceptors (Lipinski definition) is 4. The Morgan fingerprint density at radius 2 is 2.04 bits per heavy atom. The fourth-order valence-electron chi connectivity index (χ4n) is 3.32. The number of anilines is 2. The molecule has 5 nitrogen and oxygen atoms in total. The lowest BCUT2D eigenvalue weighted by atomic mass is 10.0. The van der Waals surface area contributed by atoms with E-state index in [9.17, 15) is 18.0 Å². The van der Waals surface area contributed by atoms with Gasteiger partial charge in [0, 0.05) is 31.0 Å². The zero-order valence-corrected chi connectivity index (χ0v) is 15.8. The van der Waals surface area contributed by atoms with E-state index in [0.717, 1.165) is 25.0 Å². The largest absolute Gasteiger partial charge is 0.416 e. The molecule has 0 bridgehead atoms. The number of amides is 1. The van der Waals surface area contributed by atoms with Crippen LogP contribution in [-0.4, -0.2) is 53.9 Å². The number of benzene rings is 1. The van der Waals surface area contributed by atoms with Crippen molar-refractivity contribution < 1.29 is 18.0 Å². The molecule has 1 aliphatic rings. The van der Waals surface area contributed by atoms with E-state index in [2.05, 4.69) is 15.2 Å². The van der Waals surface area contributed by atoms with Crippen molar-refractivity contribution in [1.82, 2.24) is 14.8 Å². The van der Waals surface area contributed by atoms with E-state index in [1.807, 2.05) is 14.1 Å². The highest BCUT2D eigenvalue weighted by Gasteiger charge is 2.31. The zero-order chi connectivity index (χ0) is 20.3. The molecule has 2 aromatic rings. The maximum Gasteiger partial charge on any atom is 0.416 e. The van der Waals surface area contributed by atoms with Crippen LogP contribution < -0.4 is 5.32 Å². The van der Waals surface area contributed by atoms with Crippen molar-refractivity contribution in [2.45, 2.75) is 25.1 Å². The molecule has 8 heteroatoms. The summed E-state index contributed by atoms with van der Waals surface area (Å²) in [5.41, 5.74) is -0.183. The second kappa shape index (κ2) is 8.18. The molecule has 1 aromatic heterocycles. The molecule has 1 fully saturated rings. The molecule has 0 spiro atoms. The van der Waals surface area contributed by atoms with E-state index >= 15 is 0 Å². The van der Waals surface area contributed by atoms with Crippen molar-refractivity contribution in [1.29, 1.82) is 0 Å². The number of nitrogens with zero attached hydrogens (tertiary/aromatic N) is 3. The number of piperidine rings is 1. The third kappa shape index (κ3) is 4.62. The summed E-state index contributed by atoms with van der Waals surface area (Å²) in [5, 5.41) is 2.87. The smallest absolute Gasteiger partial charge is 0.340 e. The van der Waals surface area contributed by atoms with Gasteiger partial charge in [0.1, 0.15) is 5.82 Å². The van der Waals surface area contributed by atoms with E-state index in [0.29, 0.717) is 18.7 Å². The summed E-state index contributed by atoms with van der Waals surface area (Å²) in [5.74, 6) is 0.0768. The molecule has 1 saturated heterocycles. The molecule has 2 heterocycles. The molecule has 0 radical (unpaired) electrons. The third-order valence-electron chi connectivity index (χ3n) is 4.90. The number of likely N-dealkylation sites (N-methyl/N-ethyl adjacent to an activating group) is 1. The summed E-state index contributed by atoms with van der Waals surface area (Å²) in [7, 11) is 3.98. The number of carbonyl (C=O) groups excluding carboxylic acids is 1. The first-order chi connectivity index (χ1) is 13.3. The van der Waals surface area contributed by atoms with E-state index in [1.54, 1.807) is 17.0 Å². The second-order valence-corrected chi connectivity index (χ2v) is 7.11.